The highest BCUT2D eigenvalue weighted by atomic mass is 19.1. The third-order valence-electron chi connectivity index (χ3n) is 3.30. The maximum atomic E-state index is 12.7. The second-order valence-corrected chi connectivity index (χ2v) is 4.67. The molecule has 3 nitrogen and oxygen atoms in total. The molecular weight excluding hydrogens is 233 g/mol. The van der Waals surface area contributed by atoms with Gasteiger partial charge in [-0.05, 0) is 50.5 Å². The molecule has 0 saturated carbocycles. The Balaban J connectivity index is 1.85. The topological polar surface area (TPSA) is 29.5 Å². The molecule has 0 spiro atoms. The maximum absolute atomic E-state index is 12.7. The summed E-state index contributed by atoms with van der Waals surface area (Å²) in [6.45, 7) is 2.90. The Labute approximate surface area is 107 Å². The number of nitrogens with zero attached hydrogens (tertiary/aromatic N) is 1. The minimum Gasteiger partial charge on any atom is -0.484 e. The van der Waals surface area contributed by atoms with E-state index in [2.05, 4.69) is 6.92 Å². The summed E-state index contributed by atoms with van der Waals surface area (Å²) in [5, 5.41) is 0. The molecule has 0 N–H and O–H groups in total. The number of halogens is 1. The predicted octanol–water partition coefficient (Wildman–Crippen LogP) is 2.61. The number of amides is 1. The van der Waals surface area contributed by atoms with Gasteiger partial charge in [0, 0.05) is 12.6 Å². The summed E-state index contributed by atoms with van der Waals surface area (Å²) in [5.41, 5.74) is 0. The fourth-order valence-corrected chi connectivity index (χ4v) is 2.23. The van der Waals surface area contributed by atoms with Crippen molar-refractivity contribution in [3.63, 3.8) is 0 Å². The van der Waals surface area contributed by atoms with Gasteiger partial charge in [-0.2, -0.15) is 0 Å². The average molecular weight is 251 g/mol. The minimum atomic E-state index is -0.307. The van der Waals surface area contributed by atoms with Crippen LogP contribution in [-0.2, 0) is 4.79 Å². The molecule has 0 radical (unpaired) electrons. The van der Waals surface area contributed by atoms with Crippen molar-refractivity contribution < 1.29 is 13.9 Å². The molecule has 0 aromatic heterocycles. The molecule has 1 aliphatic heterocycles. The van der Waals surface area contributed by atoms with E-state index in [0.29, 0.717) is 11.8 Å². The zero-order chi connectivity index (χ0) is 13.0. The monoisotopic (exact) mass is 251 g/mol. The van der Waals surface area contributed by atoms with Gasteiger partial charge >= 0.3 is 0 Å². The van der Waals surface area contributed by atoms with E-state index in [1.54, 1.807) is 0 Å². The van der Waals surface area contributed by atoms with Crippen LogP contribution in [0.5, 0.6) is 5.75 Å². The summed E-state index contributed by atoms with van der Waals surface area (Å²) in [4.78, 5) is 13.8. The Morgan fingerprint density at radius 3 is 2.78 bits per heavy atom. The number of likely N-dealkylation sites (tertiary alicyclic amines) is 1. The smallest absolute Gasteiger partial charge is 0.260 e. The first-order valence-electron chi connectivity index (χ1n) is 6.34. The standard InChI is InChI=1S/C14H18FNO2/c1-11-4-2-3-9-16(11)14(17)10-18-13-7-5-12(15)6-8-13/h5-8,11H,2-4,9-10H2,1H3/t11-/m1/s1. The van der Waals surface area contributed by atoms with Gasteiger partial charge in [-0.1, -0.05) is 0 Å². The van der Waals surface area contributed by atoms with Crippen LogP contribution in [0, 0.1) is 5.82 Å². The summed E-state index contributed by atoms with van der Waals surface area (Å²) < 4.78 is 18.1. The van der Waals surface area contributed by atoms with Crippen molar-refractivity contribution in [3.8, 4) is 5.75 Å². The Kier molecular flexibility index (Phi) is 4.18. The molecule has 1 fully saturated rings. The van der Waals surface area contributed by atoms with Crippen molar-refractivity contribution in [1.29, 1.82) is 0 Å². The first kappa shape index (κ1) is 12.9. The van der Waals surface area contributed by atoms with Gasteiger partial charge in [0.2, 0.25) is 0 Å². The molecule has 0 bridgehead atoms. The lowest BCUT2D eigenvalue weighted by molar-refractivity contribution is -0.136. The van der Waals surface area contributed by atoms with E-state index in [0.717, 1.165) is 19.4 Å². The Morgan fingerprint density at radius 1 is 1.39 bits per heavy atom. The number of hydrogen-bond donors (Lipinski definition) is 0. The number of ether oxygens (including phenoxy) is 1. The number of piperidine rings is 1. The van der Waals surface area contributed by atoms with Crippen LogP contribution in [0.1, 0.15) is 26.2 Å². The van der Waals surface area contributed by atoms with Gasteiger partial charge in [0.15, 0.2) is 6.61 Å². The van der Waals surface area contributed by atoms with Crippen molar-refractivity contribution in [1.82, 2.24) is 4.90 Å². The van der Waals surface area contributed by atoms with Gasteiger partial charge in [0.05, 0.1) is 0 Å². The molecule has 98 valence electrons. The fourth-order valence-electron chi connectivity index (χ4n) is 2.23. The fraction of sp³-hybridized carbons (Fsp3) is 0.500. The zero-order valence-corrected chi connectivity index (χ0v) is 10.6. The van der Waals surface area contributed by atoms with Crippen LogP contribution in [0.2, 0.25) is 0 Å². The van der Waals surface area contributed by atoms with Gasteiger partial charge in [-0.25, -0.2) is 4.39 Å². The normalized spacial score (nSPS) is 19.7. The van der Waals surface area contributed by atoms with Crippen molar-refractivity contribution in [2.24, 2.45) is 0 Å². The van der Waals surface area contributed by atoms with Gasteiger partial charge in [-0.15, -0.1) is 0 Å². The van der Waals surface area contributed by atoms with Crippen LogP contribution < -0.4 is 4.74 Å². The third kappa shape index (κ3) is 3.22. The van der Waals surface area contributed by atoms with E-state index in [4.69, 9.17) is 4.74 Å². The molecule has 1 heterocycles. The molecule has 1 amide bonds. The maximum Gasteiger partial charge on any atom is 0.260 e. The largest absolute Gasteiger partial charge is 0.484 e. The van der Waals surface area contributed by atoms with E-state index in [-0.39, 0.29) is 18.3 Å². The van der Waals surface area contributed by atoms with E-state index >= 15 is 0 Å². The number of benzene rings is 1. The average Bonchev–Trinajstić information content (AvgIpc) is 2.38. The second kappa shape index (κ2) is 5.85. The summed E-state index contributed by atoms with van der Waals surface area (Å²) in [6.07, 6.45) is 3.30. The molecular formula is C14H18FNO2. The van der Waals surface area contributed by atoms with Gasteiger partial charge in [0.1, 0.15) is 11.6 Å². The molecule has 1 aromatic carbocycles. The Hall–Kier alpha value is -1.58. The zero-order valence-electron chi connectivity index (χ0n) is 10.6. The molecule has 4 heteroatoms. The SMILES string of the molecule is C[C@@H]1CCCCN1C(=O)COc1ccc(F)cc1. The van der Waals surface area contributed by atoms with E-state index < -0.39 is 0 Å². The lowest BCUT2D eigenvalue weighted by Gasteiger charge is -2.33. The van der Waals surface area contributed by atoms with Crippen molar-refractivity contribution in [2.75, 3.05) is 13.2 Å². The molecule has 1 aliphatic rings. The van der Waals surface area contributed by atoms with Crippen molar-refractivity contribution >= 4 is 5.91 Å². The molecule has 0 unspecified atom stereocenters. The second-order valence-electron chi connectivity index (χ2n) is 4.67. The number of carbonyl (C=O) groups excluding carboxylic acids is 1. The molecule has 1 aromatic rings. The lowest BCUT2D eigenvalue weighted by Crippen LogP contribution is -2.44. The van der Waals surface area contributed by atoms with Crippen LogP contribution in [0.15, 0.2) is 24.3 Å². The van der Waals surface area contributed by atoms with E-state index in [1.807, 2.05) is 4.90 Å². The van der Waals surface area contributed by atoms with Gasteiger partial charge < -0.3 is 9.64 Å². The lowest BCUT2D eigenvalue weighted by atomic mass is 10.0. The van der Waals surface area contributed by atoms with Crippen LogP contribution in [0.4, 0.5) is 4.39 Å². The summed E-state index contributed by atoms with van der Waals surface area (Å²) in [5.74, 6) is 0.222. The van der Waals surface area contributed by atoms with Crippen molar-refractivity contribution in [2.45, 2.75) is 32.2 Å². The molecule has 1 atom stereocenters. The first-order valence-corrected chi connectivity index (χ1v) is 6.34. The molecule has 0 aliphatic carbocycles. The van der Waals surface area contributed by atoms with Crippen LogP contribution in [0.25, 0.3) is 0 Å². The minimum absolute atomic E-state index is 0.00604. The summed E-state index contributed by atoms with van der Waals surface area (Å²) >= 11 is 0. The highest BCUT2D eigenvalue weighted by Crippen LogP contribution is 2.17. The predicted molar refractivity (Wildman–Crippen MR) is 66.9 cm³/mol. The molecule has 18 heavy (non-hydrogen) atoms. The van der Waals surface area contributed by atoms with E-state index in [1.165, 1.54) is 30.7 Å². The highest BCUT2D eigenvalue weighted by Gasteiger charge is 2.23. The van der Waals surface area contributed by atoms with Crippen molar-refractivity contribution in [3.05, 3.63) is 30.1 Å². The van der Waals surface area contributed by atoms with Gasteiger partial charge in [0.25, 0.3) is 5.91 Å². The summed E-state index contributed by atoms with van der Waals surface area (Å²) in [6, 6.07) is 6.00. The van der Waals surface area contributed by atoms with Gasteiger partial charge in [-0.3, -0.25) is 4.79 Å². The quantitative estimate of drug-likeness (QED) is 0.826. The summed E-state index contributed by atoms with van der Waals surface area (Å²) in [7, 11) is 0. The Bertz CT molecular complexity index is 405. The molecule has 2 rings (SSSR count). The number of carbonyl (C=O) groups is 1. The van der Waals surface area contributed by atoms with Crippen LogP contribution >= 0.6 is 0 Å². The van der Waals surface area contributed by atoms with Crippen LogP contribution in [0.3, 0.4) is 0 Å². The molecule has 1 saturated heterocycles. The number of rotatable bonds is 3. The van der Waals surface area contributed by atoms with E-state index in [9.17, 15) is 9.18 Å². The highest BCUT2D eigenvalue weighted by molar-refractivity contribution is 5.78. The number of hydrogen-bond acceptors (Lipinski definition) is 2. The first-order chi connectivity index (χ1) is 8.66. The Morgan fingerprint density at radius 2 is 2.11 bits per heavy atom. The van der Waals surface area contributed by atoms with Crippen LogP contribution in [-0.4, -0.2) is 30.0 Å². The third-order valence-corrected chi connectivity index (χ3v) is 3.30.